The number of ether oxygens (including phenoxy) is 1. The van der Waals surface area contributed by atoms with E-state index < -0.39 is 17.5 Å². The number of nitrogens with one attached hydrogen (secondary N) is 2. The van der Waals surface area contributed by atoms with Gasteiger partial charge in [0, 0.05) is 13.0 Å². The van der Waals surface area contributed by atoms with E-state index in [9.17, 15) is 9.18 Å². The van der Waals surface area contributed by atoms with Crippen LogP contribution in [0.5, 0.6) is 0 Å². The van der Waals surface area contributed by atoms with Gasteiger partial charge in [0.1, 0.15) is 0 Å². The molecular weight excluding hydrogens is 282 g/mol. The van der Waals surface area contributed by atoms with E-state index in [1.54, 1.807) is 6.07 Å². The fourth-order valence-corrected chi connectivity index (χ4v) is 2.59. The van der Waals surface area contributed by atoms with Crippen molar-refractivity contribution in [3.63, 3.8) is 0 Å². The van der Waals surface area contributed by atoms with Crippen LogP contribution in [0.3, 0.4) is 0 Å². The normalized spacial score (nSPS) is 25.1. The highest BCUT2D eigenvalue weighted by atomic mass is 35.5. The van der Waals surface area contributed by atoms with Gasteiger partial charge < -0.3 is 10.1 Å². The molecule has 18 heavy (non-hydrogen) atoms. The van der Waals surface area contributed by atoms with Crippen molar-refractivity contribution in [2.24, 2.45) is 0 Å². The van der Waals surface area contributed by atoms with Gasteiger partial charge in [0.2, 0.25) is 0 Å². The first kappa shape index (κ1) is 13.4. The molecule has 98 valence electrons. The van der Waals surface area contributed by atoms with Gasteiger partial charge in [0.15, 0.2) is 11.4 Å². The number of fused-ring (bicyclic) bond motifs is 2. The van der Waals surface area contributed by atoms with E-state index in [0.717, 1.165) is 0 Å². The molecule has 4 nitrogen and oxygen atoms in total. The van der Waals surface area contributed by atoms with E-state index >= 15 is 0 Å². The number of halogens is 3. The van der Waals surface area contributed by atoms with Gasteiger partial charge in [-0.25, -0.2) is 9.18 Å². The van der Waals surface area contributed by atoms with Crippen LogP contribution in [-0.4, -0.2) is 19.2 Å². The lowest BCUT2D eigenvalue weighted by Crippen LogP contribution is -2.42. The Morgan fingerprint density at radius 1 is 1.44 bits per heavy atom. The maximum absolute atomic E-state index is 14.1. The second kappa shape index (κ2) is 4.57. The van der Waals surface area contributed by atoms with Crippen molar-refractivity contribution in [1.29, 1.82) is 0 Å². The molecule has 1 spiro atoms. The number of hydrogen-bond donors (Lipinski definition) is 2. The molecule has 0 saturated carbocycles. The number of carbonyl (C=O) groups is 1. The highest BCUT2D eigenvalue weighted by Gasteiger charge is 2.46. The number of hydrogen-bond acceptors (Lipinski definition) is 3. The average Bonchev–Trinajstić information content (AvgIpc) is 2.72. The van der Waals surface area contributed by atoms with E-state index in [-0.39, 0.29) is 17.4 Å². The minimum Gasteiger partial charge on any atom is -0.436 e. The van der Waals surface area contributed by atoms with Gasteiger partial charge in [-0.2, -0.15) is 0 Å². The Kier molecular flexibility index (Phi) is 3.40. The Labute approximate surface area is 114 Å². The molecule has 0 radical (unpaired) electrons. The highest BCUT2D eigenvalue weighted by molar-refractivity contribution is 6.31. The van der Waals surface area contributed by atoms with Crippen LogP contribution in [0.1, 0.15) is 12.0 Å². The largest absolute Gasteiger partial charge is 0.436 e. The van der Waals surface area contributed by atoms with Crippen LogP contribution in [0.4, 0.5) is 14.9 Å². The predicted molar refractivity (Wildman–Crippen MR) is 67.9 cm³/mol. The number of rotatable bonds is 0. The summed E-state index contributed by atoms with van der Waals surface area (Å²) in [7, 11) is 0. The number of benzene rings is 1. The average molecular weight is 293 g/mol. The Morgan fingerprint density at radius 2 is 2.22 bits per heavy atom. The molecule has 1 aromatic rings. The molecule has 1 aromatic carbocycles. The van der Waals surface area contributed by atoms with Crippen molar-refractivity contribution in [3.8, 4) is 0 Å². The molecule has 2 aliphatic heterocycles. The summed E-state index contributed by atoms with van der Waals surface area (Å²) in [6.07, 6.45) is -0.00654. The molecular formula is C11H11Cl2FN2O2. The molecule has 3 rings (SSSR count). The van der Waals surface area contributed by atoms with Crippen LogP contribution in [0, 0.1) is 5.82 Å². The summed E-state index contributed by atoms with van der Waals surface area (Å²) >= 11 is 5.78. The van der Waals surface area contributed by atoms with Crippen molar-refractivity contribution in [1.82, 2.24) is 5.32 Å². The van der Waals surface area contributed by atoms with Crippen molar-refractivity contribution in [2.75, 3.05) is 18.4 Å². The standard InChI is InChI=1S/C11H10ClFN2O2.ClH/c12-6-1-2-7-8(9(6)13)11(3-4-14-5-11)17-10(16)15-7;/h1-2,14H,3-5H2,(H,15,16);1H/t11-;/m0./s1. The molecule has 1 atom stereocenters. The second-order valence-corrected chi connectivity index (χ2v) is 4.63. The Hall–Kier alpha value is -1.04. The molecule has 0 aromatic heterocycles. The fraction of sp³-hybridized carbons (Fsp3) is 0.364. The third kappa shape index (κ3) is 1.83. The second-order valence-electron chi connectivity index (χ2n) is 4.22. The van der Waals surface area contributed by atoms with E-state index in [1.165, 1.54) is 6.07 Å². The van der Waals surface area contributed by atoms with Crippen LogP contribution in [0.15, 0.2) is 12.1 Å². The van der Waals surface area contributed by atoms with E-state index in [2.05, 4.69) is 10.6 Å². The molecule has 1 fully saturated rings. The van der Waals surface area contributed by atoms with Crippen molar-refractivity contribution >= 4 is 35.8 Å². The number of anilines is 1. The summed E-state index contributed by atoms with van der Waals surface area (Å²) < 4.78 is 19.4. The molecule has 0 aliphatic carbocycles. The SMILES string of the molecule is Cl.O=C1Nc2ccc(Cl)c(F)c2[C@@]2(CCNC2)O1. The maximum atomic E-state index is 14.1. The zero-order valence-corrected chi connectivity index (χ0v) is 10.8. The molecule has 1 amide bonds. The van der Waals surface area contributed by atoms with Gasteiger partial charge >= 0.3 is 6.09 Å². The first-order valence-corrected chi connectivity index (χ1v) is 5.69. The summed E-state index contributed by atoms with van der Waals surface area (Å²) in [4.78, 5) is 11.5. The molecule has 2 heterocycles. The van der Waals surface area contributed by atoms with E-state index in [4.69, 9.17) is 16.3 Å². The summed E-state index contributed by atoms with van der Waals surface area (Å²) in [6.45, 7) is 1.09. The van der Waals surface area contributed by atoms with E-state index in [1.807, 2.05) is 0 Å². The van der Waals surface area contributed by atoms with Gasteiger partial charge in [-0.05, 0) is 18.7 Å². The van der Waals surface area contributed by atoms with E-state index in [0.29, 0.717) is 30.8 Å². The van der Waals surface area contributed by atoms with Gasteiger partial charge in [-0.3, -0.25) is 5.32 Å². The first-order valence-electron chi connectivity index (χ1n) is 5.32. The quantitative estimate of drug-likeness (QED) is 0.773. The maximum Gasteiger partial charge on any atom is 0.412 e. The van der Waals surface area contributed by atoms with Crippen LogP contribution in [0.25, 0.3) is 0 Å². The first-order chi connectivity index (χ1) is 8.12. The molecule has 2 aliphatic rings. The summed E-state index contributed by atoms with van der Waals surface area (Å²) in [5, 5.41) is 5.60. The Bertz CT molecular complexity index is 504. The predicted octanol–water partition coefficient (Wildman–Crippen LogP) is 2.65. The molecule has 0 unspecified atom stereocenters. The topological polar surface area (TPSA) is 50.4 Å². The number of amides is 1. The Morgan fingerprint density at radius 3 is 2.89 bits per heavy atom. The summed E-state index contributed by atoms with van der Waals surface area (Å²) in [5.74, 6) is -0.520. The van der Waals surface area contributed by atoms with Crippen molar-refractivity contribution in [2.45, 2.75) is 12.0 Å². The van der Waals surface area contributed by atoms with Crippen LogP contribution < -0.4 is 10.6 Å². The van der Waals surface area contributed by atoms with Crippen molar-refractivity contribution in [3.05, 3.63) is 28.5 Å². The summed E-state index contributed by atoms with van der Waals surface area (Å²) in [5.41, 5.74) is -0.145. The molecule has 1 saturated heterocycles. The smallest absolute Gasteiger partial charge is 0.412 e. The zero-order valence-electron chi connectivity index (χ0n) is 9.26. The lowest BCUT2D eigenvalue weighted by Gasteiger charge is -2.35. The minimum atomic E-state index is -0.924. The highest BCUT2D eigenvalue weighted by Crippen LogP contribution is 2.43. The van der Waals surface area contributed by atoms with Crippen LogP contribution in [0.2, 0.25) is 5.02 Å². The lowest BCUT2D eigenvalue weighted by molar-refractivity contribution is 0.0250. The zero-order chi connectivity index (χ0) is 12.0. The monoisotopic (exact) mass is 292 g/mol. The van der Waals surface area contributed by atoms with Gasteiger partial charge in [-0.1, -0.05) is 11.6 Å². The minimum absolute atomic E-state index is 0. The van der Waals surface area contributed by atoms with Gasteiger partial charge in [0.05, 0.1) is 16.3 Å². The van der Waals surface area contributed by atoms with Gasteiger partial charge in [-0.15, -0.1) is 12.4 Å². The summed E-state index contributed by atoms with van der Waals surface area (Å²) in [6, 6.07) is 3.03. The Balaban J connectivity index is 0.00000120. The van der Waals surface area contributed by atoms with Crippen molar-refractivity contribution < 1.29 is 13.9 Å². The van der Waals surface area contributed by atoms with Gasteiger partial charge in [0.25, 0.3) is 0 Å². The number of carbonyl (C=O) groups excluding carboxylic acids is 1. The van der Waals surface area contributed by atoms with Crippen LogP contribution >= 0.6 is 24.0 Å². The fourth-order valence-electron chi connectivity index (χ4n) is 2.43. The third-order valence-electron chi connectivity index (χ3n) is 3.19. The molecule has 2 N–H and O–H groups in total. The van der Waals surface area contributed by atoms with Crippen LogP contribution in [-0.2, 0) is 10.3 Å². The third-order valence-corrected chi connectivity index (χ3v) is 3.48. The lowest BCUT2D eigenvalue weighted by atomic mass is 9.89. The molecule has 7 heteroatoms. The molecule has 0 bridgehead atoms.